The van der Waals surface area contributed by atoms with Crippen molar-refractivity contribution < 1.29 is 4.79 Å². The van der Waals surface area contributed by atoms with E-state index in [9.17, 15) is 4.79 Å². The van der Waals surface area contributed by atoms with Crippen molar-refractivity contribution in [2.75, 3.05) is 36.4 Å². The maximum atomic E-state index is 12.7. The number of carbonyl (C=O) groups is 1. The van der Waals surface area contributed by atoms with Crippen LogP contribution in [0.4, 0.5) is 11.5 Å². The maximum absolute atomic E-state index is 12.7. The van der Waals surface area contributed by atoms with Crippen molar-refractivity contribution in [3.63, 3.8) is 0 Å². The van der Waals surface area contributed by atoms with Crippen LogP contribution in [0.2, 0.25) is 0 Å². The van der Waals surface area contributed by atoms with Gasteiger partial charge in [0.25, 0.3) is 5.91 Å². The Hall–Kier alpha value is -2.86. The molecule has 1 fully saturated rings. The van der Waals surface area contributed by atoms with Crippen LogP contribution in [-0.2, 0) is 5.41 Å². The lowest BCUT2D eigenvalue weighted by molar-refractivity contribution is 0.102. The standard InChI is InChI=1S/C22H27N5O/c1-22(2,3)16-4-6-18-15(12-16)13-19(26-18)21(28)25-17-5-7-20(24-14-17)27-10-8-23-9-11-27/h4-7,12-14,23,26H,8-11H2,1-3H3,(H,25,28). The van der Waals surface area contributed by atoms with E-state index >= 15 is 0 Å². The highest BCUT2D eigenvalue weighted by molar-refractivity contribution is 6.05. The van der Waals surface area contributed by atoms with Gasteiger partial charge in [-0.2, -0.15) is 0 Å². The van der Waals surface area contributed by atoms with Crippen molar-refractivity contribution in [1.82, 2.24) is 15.3 Å². The second kappa shape index (κ2) is 7.28. The van der Waals surface area contributed by atoms with Crippen molar-refractivity contribution in [2.45, 2.75) is 26.2 Å². The summed E-state index contributed by atoms with van der Waals surface area (Å²) in [6.07, 6.45) is 1.72. The number of benzene rings is 1. The molecule has 0 atom stereocenters. The Morgan fingerprint density at radius 2 is 1.89 bits per heavy atom. The summed E-state index contributed by atoms with van der Waals surface area (Å²) in [7, 11) is 0. The van der Waals surface area contributed by atoms with E-state index in [1.165, 1.54) is 5.56 Å². The van der Waals surface area contributed by atoms with Crippen LogP contribution in [-0.4, -0.2) is 42.1 Å². The minimum atomic E-state index is -0.162. The number of amides is 1. The predicted octanol–water partition coefficient (Wildman–Crippen LogP) is 3.52. The fourth-order valence-electron chi connectivity index (χ4n) is 3.46. The largest absolute Gasteiger partial charge is 0.354 e. The summed E-state index contributed by atoms with van der Waals surface area (Å²) in [6, 6.07) is 12.1. The van der Waals surface area contributed by atoms with E-state index in [0.29, 0.717) is 11.4 Å². The molecule has 3 aromatic rings. The van der Waals surface area contributed by atoms with Gasteiger partial charge in [-0.1, -0.05) is 26.8 Å². The van der Waals surface area contributed by atoms with Gasteiger partial charge in [0.15, 0.2) is 0 Å². The fourth-order valence-corrected chi connectivity index (χ4v) is 3.46. The van der Waals surface area contributed by atoms with Crippen molar-refractivity contribution in [2.24, 2.45) is 0 Å². The molecule has 146 valence electrons. The molecule has 28 heavy (non-hydrogen) atoms. The number of pyridine rings is 1. The Bertz CT molecular complexity index is 978. The molecule has 1 amide bonds. The summed E-state index contributed by atoms with van der Waals surface area (Å²) >= 11 is 0. The third kappa shape index (κ3) is 3.87. The first-order valence-electron chi connectivity index (χ1n) is 9.76. The lowest BCUT2D eigenvalue weighted by Crippen LogP contribution is -2.43. The lowest BCUT2D eigenvalue weighted by Gasteiger charge is -2.28. The Morgan fingerprint density at radius 1 is 1.11 bits per heavy atom. The third-order valence-electron chi connectivity index (χ3n) is 5.18. The smallest absolute Gasteiger partial charge is 0.272 e. The van der Waals surface area contributed by atoms with Crippen molar-refractivity contribution >= 4 is 28.3 Å². The molecule has 6 nitrogen and oxygen atoms in total. The lowest BCUT2D eigenvalue weighted by atomic mass is 9.86. The van der Waals surface area contributed by atoms with Crippen LogP contribution in [0.3, 0.4) is 0 Å². The van der Waals surface area contributed by atoms with Crippen molar-refractivity contribution in [3.8, 4) is 0 Å². The fraction of sp³-hybridized carbons (Fsp3) is 0.364. The number of fused-ring (bicyclic) bond motifs is 1. The molecule has 0 bridgehead atoms. The number of rotatable bonds is 3. The molecule has 2 aromatic heterocycles. The summed E-state index contributed by atoms with van der Waals surface area (Å²) in [6.45, 7) is 10.4. The average molecular weight is 377 g/mol. The maximum Gasteiger partial charge on any atom is 0.272 e. The van der Waals surface area contributed by atoms with Gasteiger partial charge in [-0.15, -0.1) is 0 Å². The van der Waals surface area contributed by atoms with Gasteiger partial charge >= 0.3 is 0 Å². The van der Waals surface area contributed by atoms with Crippen LogP contribution in [0.15, 0.2) is 42.6 Å². The molecule has 1 aromatic carbocycles. The summed E-state index contributed by atoms with van der Waals surface area (Å²) < 4.78 is 0. The first-order valence-corrected chi connectivity index (χ1v) is 9.76. The van der Waals surface area contributed by atoms with Crippen molar-refractivity contribution in [3.05, 3.63) is 53.9 Å². The molecule has 1 aliphatic heterocycles. The van der Waals surface area contributed by atoms with E-state index in [4.69, 9.17) is 0 Å². The quantitative estimate of drug-likeness (QED) is 0.653. The first-order chi connectivity index (χ1) is 13.4. The van der Waals surface area contributed by atoms with Crippen LogP contribution in [0.5, 0.6) is 0 Å². The number of aromatic nitrogens is 2. The third-order valence-corrected chi connectivity index (χ3v) is 5.18. The number of hydrogen-bond acceptors (Lipinski definition) is 4. The van der Waals surface area contributed by atoms with Gasteiger partial charge in [0.1, 0.15) is 11.5 Å². The minimum Gasteiger partial charge on any atom is -0.354 e. The monoisotopic (exact) mass is 377 g/mol. The van der Waals surface area contributed by atoms with Crippen LogP contribution < -0.4 is 15.5 Å². The number of carbonyl (C=O) groups excluding carboxylic acids is 1. The Labute approximate surface area is 165 Å². The number of aromatic amines is 1. The van der Waals surface area contributed by atoms with Gasteiger partial charge < -0.3 is 20.5 Å². The molecule has 1 aliphatic rings. The topological polar surface area (TPSA) is 73.1 Å². The van der Waals surface area contributed by atoms with Gasteiger partial charge in [0, 0.05) is 37.1 Å². The highest BCUT2D eigenvalue weighted by atomic mass is 16.1. The molecule has 0 spiro atoms. The van der Waals surface area contributed by atoms with Gasteiger partial charge in [-0.25, -0.2) is 4.98 Å². The Kier molecular flexibility index (Phi) is 4.81. The molecule has 0 saturated carbocycles. The Balaban J connectivity index is 1.48. The molecule has 3 N–H and O–H groups in total. The molecule has 4 rings (SSSR count). The van der Waals surface area contributed by atoms with Crippen LogP contribution >= 0.6 is 0 Å². The number of piperazine rings is 1. The summed E-state index contributed by atoms with van der Waals surface area (Å²) in [5.41, 5.74) is 3.53. The van der Waals surface area contributed by atoms with E-state index in [1.54, 1.807) is 6.20 Å². The second-order valence-corrected chi connectivity index (χ2v) is 8.33. The van der Waals surface area contributed by atoms with E-state index in [1.807, 2.05) is 24.3 Å². The SMILES string of the molecule is CC(C)(C)c1ccc2[nH]c(C(=O)Nc3ccc(N4CCNCC4)nc3)cc2c1. The van der Waals surface area contributed by atoms with Crippen LogP contribution in [0.25, 0.3) is 10.9 Å². The highest BCUT2D eigenvalue weighted by Crippen LogP contribution is 2.26. The molecule has 3 heterocycles. The number of nitrogens with one attached hydrogen (secondary N) is 3. The molecule has 1 saturated heterocycles. The minimum absolute atomic E-state index is 0.0751. The molecule has 0 unspecified atom stereocenters. The predicted molar refractivity (Wildman–Crippen MR) is 114 cm³/mol. The Morgan fingerprint density at radius 3 is 2.57 bits per heavy atom. The van der Waals surface area contributed by atoms with Gasteiger partial charge in [0.2, 0.25) is 0 Å². The van der Waals surface area contributed by atoms with Crippen LogP contribution in [0.1, 0.15) is 36.8 Å². The van der Waals surface area contributed by atoms with E-state index in [2.05, 4.69) is 58.4 Å². The number of anilines is 2. The van der Waals surface area contributed by atoms with Crippen molar-refractivity contribution in [1.29, 1.82) is 0 Å². The average Bonchev–Trinajstić information content (AvgIpc) is 3.12. The molecular weight excluding hydrogens is 350 g/mol. The van der Waals surface area contributed by atoms with E-state index in [-0.39, 0.29) is 11.3 Å². The molecule has 0 aliphatic carbocycles. The molecular formula is C22H27N5O. The second-order valence-electron chi connectivity index (χ2n) is 8.33. The first kappa shape index (κ1) is 18.5. The molecule has 6 heteroatoms. The van der Waals surface area contributed by atoms with E-state index < -0.39 is 0 Å². The summed E-state index contributed by atoms with van der Waals surface area (Å²) in [5, 5.41) is 7.31. The zero-order valence-corrected chi connectivity index (χ0v) is 16.7. The van der Waals surface area contributed by atoms with E-state index in [0.717, 1.165) is 42.9 Å². The zero-order chi connectivity index (χ0) is 19.7. The number of hydrogen-bond donors (Lipinski definition) is 3. The highest BCUT2D eigenvalue weighted by Gasteiger charge is 2.16. The normalized spacial score (nSPS) is 15.0. The zero-order valence-electron chi connectivity index (χ0n) is 16.7. The number of nitrogens with zero attached hydrogens (tertiary/aromatic N) is 2. The van der Waals surface area contributed by atoms with Gasteiger partial charge in [-0.05, 0) is 41.3 Å². The van der Waals surface area contributed by atoms with Gasteiger partial charge in [0.05, 0.1) is 11.9 Å². The molecule has 0 radical (unpaired) electrons. The van der Waals surface area contributed by atoms with Gasteiger partial charge in [-0.3, -0.25) is 4.79 Å². The van der Waals surface area contributed by atoms with Crippen LogP contribution in [0, 0.1) is 0 Å². The summed E-state index contributed by atoms with van der Waals surface area (Å²) in [4.78, 5) is 22.6. The number of H-pyrrole nitrogens is 1. The summed E-state index contributed by atoms with van der Waals surface area (Å²) in [5.74, 6) is 0.782.